The summed E-state index contributed by atoms with van der Waals surface area (Å²) < 4.78 is 0. The predicted molar refractivity (Wildman–Crippen MR) is 95.1 cm³/mol. The fourth-order valence-electron chi connectivity index (χ4n) is 2.86. The Hall–Kier alpha value is -3.02. The Bertz CT molecular complexity index is 814. The van der Waals surface area contributed by atoms with Crippen molar-refractivity contribution in [1.82, 2.24) is 5.01 Å². The summed E-state index contributed by atoms with van der Waals surface area (Å²) in [4.78, 5) is 23.0. The molecule has 2 aromatic rings. The summed E-state index contributed by atoms with van der Waals surface area (Å²) in [5.74, 6) is -0.242. The Labute approximate surface area is 145 Å². The highest BCUT2D eigenvalue weighted by molar-refractivity contribution is 6.03. The highest BCUT2D eigenvalue weighted by atomic mass is 16.6. The third-order valence-electron chi connectivity index (χ3n) is 4.23. The molecule has 0 N–H and O–H groups in total. The number of nitrogens with zero attached hydrogens (tertiary/aromatic N) is 3. The molecule has 2 aromatic carbocycles. The van der Waals surface area contributed by atoms with Crippen molar-refractivity contribution in [1.29, 1.82) is 0 Å². The average molecular weight is 337 g/mol. The molecule has 1 aliphatic rings. The number of nitro groups is 1. The summed E-state index contributed by atoms with van der Waals surface area (Å²) in [6.45, 7) is 3.68. The van der Waals surface area contributed by atoms with Crippen molar-refractivity contribution in [2.45, 2.75) is 26.3 Å². The smallest absolute Gasteiger partial charge is 0.269 e. The van der Waals surface area contributed by atoms with Crippen LogP contribution in [0.4, 0.5) is 5.69 Å². The number of non-ortho nitro benzene ring substituents is 1. The molecule has 0 aliphatic carbocycles. The minimum atomic E-state index is -0.429. The first-order valence-electron chi connectivity index (χ1n) is 8.17. The van der Waals surface area contributed by atoms with Crippen molar-refractivity contribution in [2.75, 3.05) is 0 Å². The second kappa shape index (κ2) is 6.84. The van der Waals surface area contributed by atoms with Gasteiger partial charge in [-0.3, -0.25) is 14.9 Å². The molecule has 0 radical (unpaired) electrons. The zero-order chi connectivity index (χ0) is 18.0. The monoisotopic (exact) mass is 337 g/mol. The maximum atomic E-state index is 12.6. The average Bonchev–Trinajstić information content (AvgIpc) is 3.07. The molecule has 25 heavy (non-hydrogen) atoms. The van der Waals surface area contributed by atoms with Gasteiger partial charge in [-0.25, -0.2) is 5.01 Å². The third kappa shape index (κ3) is 3.42. The molecule has 6 nitrogen and oxygen atoms in total. The van der Waals surface area contributed by atoms with E-state index in [-0.39, 0.29) is 23.6 Å². The summed E-state index contributed by atoms with van der Waals surface area (Å²) in [7, 11) is 0. The molecular formula is C19H19N3O3. The lowest BCUT2D eigenvalue weighted by atomic mass is 9.98. The lowest BCUT2D eigenvalue weighted by Crippen LogP contribution is -2.30. The van der Waals surface area contributed by atoms with Gasteiger partial charge in [-0.1, -0.05) is 56.3 Å². The molecule has 6 heteroatoms. The summed E-state index contributed by atoms with van der Waals surface area (Å²) in [6.07, 6.45) is 0.584. The van der Waals surface area contributed by atoms with Crippen LogP contribution in [-0.2, 0) is 4.79 Å². The fraction of sp³-hybridized carbons (Fsp3) is 0.263. The molecule has 0 saturated carbocycles. The van der Waals surface area contributed by atoms with Gasteiger partial charge in [-0.15, -0.1) is 0 Å². The van der Waals surface area contributed by atoms with Gasteiger partial charge in [0.25, 0.3) is 5.69 Å². The van der Waals surface area contributed by atoms with Crippen molar-refractivity contribution >= 4 is 17.3 Å². The minimum Gasteiger partial charge on any atom is -0.273 e. The zero-order valence-corrected chi connectivity index (χ0v) is 14.1. The first kappa shape index (κ1) is 16.8. The van der Waals surface area contributed by atoms with E-state index in [1.54, 1.807) is 12.1 Å². The minimum absolute atomic E-state index is 0.0349. The van der Waals surface area contributed by atoms with Gasteiger partial charge in [0.15, 0.2) is 0 Å². The van der Waals surface area contributed by atoms with Crippen molar-refractivity contribution in [2.24, 2.45) is 11.0 Å². The van der Waals surface area contributed by atoms with Crippen LogP contribution in [0.5, 0.6) is 0 Å². The number of rotatable bonds is 4. The molecule has 1 aliphatic heterocycles. The summed E-state index contributed by atoms with van der Waals surface area (Å²) in [6, 6.07) is 15.8. The zero-order valence-electron chi connectivity index (χ0n) is 14.1. The van der Waals surface area contributed by atoms with Gasteiger partial charge >= 0.3 is 0 Å². The van der Waals surface area contributed by atoms with E-state index in [9.17, 15) is 14.9 Å². The molecule has 128 valence electrons. The highest BCUT2D eigenvalue weighted by Crippen LogP contribution is 2.34. The summed E-state index contributed by atoms with van der Waals surface area (Å²) in [5.41, 5.74) is 2.70. The number of hydrogen-bond acceptors (Lipinski definition) is 4. The van der Waals surface area contributed by atoms with Crippen LogP contribution in [0, 0.1) is 16.0 Å². The van der Waals surface area contributed by atoms with Gasteiger partial charge in [0.05, 0.1) is 16.7 Å². The molecular weight excluding hydrogens is 318 g/mol. The van der Waals surface area contributed by atoms with Crippen LogP contribution in [0.25, 0.3) is 0 Å². The number of carbonyl (C=O) groups is 1. The van der Waals surface area contributed by atoms with Crippen molar-refractivity contribution < 1.29 is 9.72 Å². The van der Waals surface area contributed by atoms with Gasteiger partial charge < -0.3 is 0 Å². The van der Waals surface area contributed by atoms with Crippen LogP contribution in [0.1, 0.15) is 37.4 Å². The lowest BCUT2D eigenvalue weighted by Gasteiger charge is -2.23. The van der Waals surface area contributed by atoms with Crippen LogP contribution < -0.4 is 0 Å². The van der Waals surface area contributed by atoms with E-state index < -0.39 is 4.92 Å². The van der Waals surface area contributed by atoms with Crippen molar-refractivity contribution in [3.05, 3.63) is 75.8 Å². The second-order valence-corrected chi connectivity index (χ2v) is 6.32. The first-order valence-corrected chi connectivity index (χ1v) is 8.17. The Morgan fingerprint density at radius 2 is 1.80 bits per heavy atom. The predicted octanol–water partition coefficient (Wildman–Crippen LogP) is 3.93. The number of nitro benzene ring substituents is 1. The molecule has 0 fully saturated rings. The molecule has 3 rings (SSSR count). The highest BCUT2D eigenvalue weighted by Gasteiger charge is 2.34. The second-order valence-electron chi connectivity index (χ2n) is 6.32. The molecule has 0 bridgehead atoms. The van der Waals surface area contributed by atoms with E-state index in [0.717, 1.165) is 16.8 Å². The maximum absolute atomic E-state index is 12.6. The topological polar surface area (TPSA) is 75.8 Å². The molecule has 1 atom stereocenters. The number of hydrogen-bond donors (Lipinski definition) is 0. The first-order chi connectivity index (χ1) is 12.0. The van der Waals surface area contributed by atoms with Gasteiger partial charge in [0.2, 0.25) is 5.91 Å². The van der Waals surface area contributed by atoms with Gasteiger partial charge in [-0.2, -0.15) is 5.10 Å². The number of hydrazone groups is 1. The van der Waals surface area contributed by atoms with Crippen LogP contribution >= 0.6 is 0 Å². The Morgan fingerprint density at radius 1 is 1.16 bits per heavy atom. The Morgan fingerprint density at radius 3 is 2.36 bits per heavy atom. The normalized spacial score (nSPS) is 16.8. The molecule has 0 aromatic heterocycles. The largest absolute Gasteiger partial charge is 0.273 e. The number of amides is 1. The van der Waals surface area contributed by atoms with Gasteiger partial charge in [0.1, 0.15) is 0 Å². The van der Waals surface area contributed by atoms with E-state index in [1.165, 1.54) is 17.1 Å². The number of benzene rings is 2. The third-order valence-corrected chi connectivity index (χ3v) is 4.23. The maximum Gasteiger partial charge on any atom is 0.269 e. The SMILES string of the molecule is CC(C)C(=O)N1N=C(c2ccccc2)CC1c1ccc([N+](=O)[O-])cc1. The van der Waals surface area contributed by atoms with E-state index in [4.69, 9.17) is 0 Å². The molecule has 0 saturated heterocycles. The van der Waals surface area contributed by atoms with Crippen LogP contribution in [0.3, 0.4) is 0 Å². The Kier molecular flexibility index (Phi) is 4.61. The van der Waals surface area contributed by atoms with Crippen molar-refractivity contribution in [3.8, 4) is 0 Å². The molecule has 1 heterocycles. The molecule has 1 unspecified atom stereocenters. The van der Waals surface area contributed by atoms with Crippen LogP contribution in [-0.4, -0.2) is 21.6 Å². The van der Waals surface area contributed by atoms with E-state index >= 15 is 0 Å². The van der Waals surface area contributed by atoms with Gasteiger partial charge in [-0.05, 0) is 11.1 Å². The quantitative estimate of drug-likeness (QED) is 0.626. The summed E-state index contributed by atoms with van der Waals surface area (Å²) in [5, 5.41) is 16.9. The standard InChI is InChI=1S/C19H19N3O3/c1-13(2)19(23)21-18(15-8-10-16(11-9-15)22(24)25)12-17(20-21)14-6-4-3-5-7-14/h3-11,13,18H,12H2,1-2H3. The summed E-state index contributed by atoms with van der Waals surface area (Å²) >= 11 is 0. The molecule has 0 spiro atoms. The van der Waals surface area contributed by atoms with E-state index in [1.807, 2.05) is 44.2 Å². The van der Waals surface area contributed by atoms with Crippen molar-refractivity contribution in [3.63, 3.8) is 0 Å². The lowest BCUT2D eigenvalue weighted by molar-refractivity contribution is -0.384. The fourth-order valence-corrected chi connectivity index (χ4v) is 2.86. The van der Waals surface area contributed by atoms with E-state index in [0.29, 0.717) is 6.42 Å². The number of carbonyl (C=O) groups excluding carboxylic acids is 1. The Balaban J connectivity index is 1.94. The van der Waals surface area contributed by atoms with Crippen LogP contribution in [0.2, 0.25) is 0 Å². The van der Waals surface area contributed by atoms with Crippen LogP contribution in [0.15, 0.2) is 59.7 Å². The van der Waals surface area contributed by atoms with Gasteiger partial charge in [0, 0.05) is 24.5 Å². The molecule has 1 amide bonds. The van der Waals surface area contributed by atoms with E-state index in [2.05, 4.69) is 5.10 Å².